The number of carbonyl (C=O) groups excluding carboxylic acids is 1. The number of sulfonamides is 1. The summed E-state index contributed by atoms with van der Waals surface area (Å²) in [6, 6.07) is 10.9. The number of carbonyl (C=O) groups is 1. The molecule has 0 saturated heterocycles. The summed E-state index contributed by atoms with van der Waals surface area (Å²) in [5.74, 6) is -0.0939. The molecule has 7 heteroatoms. The van der Waals surface area contributed by atoms with Crippen molar-refractivity contribution in [3.8, 4) is 0 Å². The Hall–Kier alpha value is -2.54. The Morgan fingerprint density at radius 3 is 2.52 bits per heavy atom. The molecular weight excluding hydrogens is 290 g/mol. The highest BCUT2D eigenvalue weighted by molar-refractivity contribution is 7.92. The smallest absolute Gasteiger partial charge is 0.261 e. The van der Waals surface area contributed by atoms with Crippen molar-refractivity contribution >= 4 is 33.0 Å². The van der Waals surface area contributed by atoms with Gasteiger partial charge in [-0.25, -0.2) is 8.42 Å². The van der Waals surface area contributed by atoms with Crippen LogP contribution >= 0.6 is 0 Å². The van der Waals surface area contributed by atoms with Crippen LogP contribution in [0.1, 0.15) is 5.56 Å². The molecule has 0 saturated carbocycles. The fourth-order valence-corrected chi connectivity index (χ4v) is 3.19. The monoisotopic (exact) mass is 303 g/mol. The number of nitrogen functional groups attached to an aromatic ring is 1. The number of nitrogens with two attached hydrogens (primary N) is 1. The Morgan fingerprint density at radius 2 is 1.81 bits per heavy atom. The van der Waals surface area contributed by atoms with Gasteiger partial charge < -0.3 is 11.1 Å². The molecule has 1 aliphatic rings. The molecule has 1 heterocycles. The average molecular weight is 303 g/mol. The lowest BCUT2D eigenvalue weighted by molar-refractivity contribution is -0.115. The van der Waals surface area contributed by atoms with Crippen molar-refractivity contribution in [3.63, 3.8) is 0 Å². The van der Waals surface area contributed by atoms with Gasteiger partial charge in [-0.15, -0.1) is 0 Å². The number of benzene rings is 2. The predicted molar refractivity (Wildman–Crippen MR) is 80.4 cm³/mol. The first kappa shape index (κ1) is 13.4. The number of nitrogens with one attached hydrogen (secondary N) is 2. The van der Waals surface area contributed by atoms with Crippen LogP contribution < -0.4 is 15.8 Å². The Morgan fingerprint density at radius 1 is 1.10 bits per heavy atom. The molecule has 21 heavy (non-hydrogen) atoms. The van der Waals surface area contributed by atoms with Gasteiger partial charge in [-0.2, -0.15) is 0 Å². The van der Waals surface area contributed by atoms with Crippen molar-refractivity contribution in [3.05, 3.63) is 48.0 Å². The van der Waals surface area contributed by atoms with Gasteiger partial charge in [0.1, 0.15) is 0 Å². The van der Waals surface area contributed by atoms with E-state index in [-0.39, 0.29) is 10.8 Å². The van der Waals surface area contributed by atoms with Gasteiger partial charge in [-0.3, -0.25) is 9.52 Å². The van der Waals surface area contributed by atoms with E-state index in [2.05, 4.69) is 10.0 Å². The number of amides is 1. The molecule has 0 aromatic heterocycles. The van der Waals surface area contributed by atoms with Crippen molar-refractivity contribution in [2.24, 2.45) is 0 Å². The first-order chi connectivity index (χ1) is 9.94. The van der Waals surface area contributed by atoms with Gasteiger partial charge in [-0.05, 0) is 42.0 Å². The summed E-state index contributed by atoms with van der Waals surface area (Å²) in [7, 11) is -3.68. The molecule has 1 aliphatic heterocycles. The fourth-order valence-electron chi connectivity index (χ4n) is 2.14. The summed E-state index contributed by atoms with van der Waals surface area (Å²) in [5, 5.41) is 2.68. The summed E-state index contributed by atoms with van der Waals surface area (Å²) < 4.78 is 27.0. The Bertz CT molecular complexity index is 814. The summed E-state index contributed by atoms with van der Waals surface area (Å²) in [5.41, 5.74) is 7.93. The molecule has 2 aromatic carbocycles. The maximum Gasteiger partial charge on any atom is 0.261 e. The third-order valence-corrected chi connectivity index (χ3v) is 4.57. The second kappa shape index (κ2) is 4.78. The van der Waals surface area contributed by atoms with Crippen LogP contribution in [0.5, 0.6) is 0 Å². The molecule has 0 radical (unpaired) electrons. The fraction of sp³-hybridized carbons (Fsp3) is 0.0714. The van der Waals surface area contributed by atoms with Gasteiger partial charge in [0, 0.05) is 11.4 Å². The number of hydrogen-bond donors (Lipinski definition) is 3. The lowest BCUT2D eigenvalue weighted by atomic mass is 10.1. The van der Waals surface area contributed by atoms with E-state index in [0.29, 0.717) is 23.5 Å². The summed E-state index contributed by atoms with van der Waals surface area (Å²) in [6.45, 7) is 0. The van der Waals surface area contributed by atoms with E-state index in [9.17, 15) is 13.2 Å². The molecule has 0 spiro atoms. The van der Waals surface area contributed by atoms with Crippen LogP contribution in [0.15, 0.2) is 47.4 Å². The van der Waals surface area contributed by atoms with E-state index >= 15 is 0 Å². The zero-order chi connectivity index (χ0) is 15.0. The topological polar surface area (TPSA) is 101 Å². The van der Waals surface area contributed by atoms with Crippen molar-refractivity contribution < 1.29 is 13.2 Å². The second-order valence-electron chi connectivity index (χ2n) is 4.77. The predicted octanol–water partition coefficient (Wildman–Crippen LogP) is 1.56. The largest absolute Gasteiger partial charge is 0.399 e. The molecule has 108 valence electrons. The maximum absolute atomic E-state index is 12.2. The highest BCUT2D eigenvalue weighted by atomic mass is 32.2. The SMILES string of the molecule is Nc1ccc(S(=O)(=O)Nc2ccc3c(c2)NC(=O)C3)cc1. The molecule has 0 atom stereocenters. The highest BCUT2D eigenvalue weighted by Gasteiger charge is 2.19. The van der Waals surface area contributed by atoms with Gasteiger partial charge in [0.25, 0.3) is 10.0 Å². The van der Waals surface area contributed by atoms with Crippen LogP contribution in [0.25, 0.3) is 0 Å². The van der Waals surface area contributed by atoms with Crippen LogP contribution in [0.2, 0.25) is 0 Å². The minimum absolute atomic E-state index is 0.0939. The third-order valence-electron chi connectivity index (χ3n) is 3.18. The summed E-state index contributed by atoms with van der Waals surface area (Å²) in [6.07, 6.45) is 0.320. The lowest BCUT2D eigenvalue weighted by Crippen LogP contribution is -2.13. The first-order valence-corrected chi connectivity index (χ1v) is 7.73. The van der Waals surface area contributed by atoms with E-state index in [1.807, 2.05) is 0 Å². The second-order valence-corrected chi connectivity index (χ2v) is 6.45. The van der Waals surface area contributed by atoms with Gasteiger partial charge in [0.2, 0.25) is 5.91 Å². The van der Waals surface area contributed by atoms with E-state index in [0.717, 1.165) is 5.56 Å². The summed E-state index contributed by atoms with van der Waals surface area (Å²) >= 11 is 0. The molecule has 0 bridgehead atoms. The van der Waals surface area contributed by atoms with Gasteiger partial charge in [-0.1, -0.05) is 6.07 Å². The molecule has 0 fully saturated rings. The molecule has 2 aromatic rings. The Balaban J connectivity index is 1.88. The first-order valence-electron chi connectivity index (χ1n) is 6.25. The Labute approximate surface area is 122 Å². The van der Waals surface area contributed by atoms with Crippen molar-refractivity contribution in [2.45, 2.75) is 11.3 Å². The van der Waals surface area contributed by atoms with Crippen molar-refractivity contribution in [1.82, 2.24) is 0 Å². The van der Waals surface area contributed by atoms with E-state index in [4.69, 9.17) is 5.73 Å². The number of anilines is 3. The third kappa shape index (κ3) is 2.68. The molecular formula is C14H13N3O3S. The zero-order valence-electron chi connectivity index (χ0n) is 11.0. The van der Waals surface area contributed by atoms with Crippen LogP contribution in [-0.2, 0) is 21.2 Å². The van der Waals surface area contributed by atoms with Gasteiger partial charge in [0.15, 0.2) is 0 Å². The molecule has 0 unspecified atom stereocenters. The summed E-state index contributed by atoms with van der Waals surface area (Å²) in [4.78, 5) is 11.4. The molecule has 4 N–H and O–H groups in total. The highest BCUT2D eigenvalue weighted by Crippen LogP contribution is 2.27. The molecule has 6 nitrogen and oxygen atoms in total. The molecule has 1 amide bonds. The zero-order valence-corrected chi connectivity index (χ0v) is 11.8. The van der Waals surface area contributed by atoms with Crippen molar-refractivity contribution in [2.75, 3.05) is 15.8 Å². The van der Waals surface area contributed by atoms with E-state index in [1.54, 1.807) is 18.2 Å². The van der Waals surface area contributed by atoms with E-state index < -0.39 is 10.0 Å². The molecule has 3 rings (SSSR count). The van der Waals surface area contributed by atoms with Gasteiger partial charge in [0.05, 0.1) is 17.0 Å². The molecule has 0 aliphatic carbocycles. The Kier molecular flexibility index (Phi) is 3.06. The van der Waals surface area contributed by atoms with Crippen molar-refractivity contribution in [1.29, 1.82) is 0 Å². The van der Waals surface area contributed by atoms with Crippen LogP contribution in [-0.4, -0.2) is 14.3 Å². The van der Waals surface area contributed by atoms with Gasteiger partial charge >= 0.3 is 0 Å². The van der Waals surface area contributed by atoms with Crippen LogP contribution in [0.3, 0.4) is 0 Å². The standard InChI is InChI=1S/C14H13N3O3S/c15-10-2-5-12(6-3-10)21(19,20)17-11-4-1-9-7-14(18)16-13(9)8-11/h1-6,8,17H,7,15H2,(H,16,18). The van der Waals surface area contributed by atoms with E-state index in [1.165, 1.54) is 24.3 Å². The number of hydrogen-bond acceptors (Lipinski definition) is 4. The average Bonchev–Trinajstić information content (AvgIpc) is 2.78. The quantitative estimate of drug-likeness (QED) is 0.749. The minimum atomic E-state index is -3.68. The maximum atomic E-state index is 12.2. The van der Waals surface area contributed by atoms with Crippen LogP contribution in [0.4, 0.5) is 17.1 Å². The lowest BCUT2D eigenvalue weighted by Gasteiger charge is -2.09. The number of fused-ring (bicyclic) bond motifs is 1. The van der Waals surface area contributed by atoms with Crippen LogP contribution in [0, 0.1) is 0 Å². The minimum Gasteiger partial charge on any atom is -0.399 e. The normalized spacial score (nSPS) is 13.6. The number of rotatable bonds is 3.